The average molecular weight is 3030 g/mol. The molecule has 27 heteroatoms. The van der Waals surface area contributed by atoms with Gasteiger partial charge in [-0.1, -0.05) is 171 Å². The molecule has 753 valence electrons. The smallest absolute Gasteiger partial charge is 0.104 e. The molecule has 115 heavy (non-hydrogen) atoms. The van der Waals surface area contributed by atoms with Crippen LogP contribution < -0.4 is 0 Å². The molecule has 0 aliphatic rings. The number of hydrogen-bond acceptors (Lipinski definition) is 18. The van der Waals surface area contributed by atoms with Crippen LogP contribution in [0.1, 0.15) is 392 Å². The summed E-state index contributed by atoms with van der Waals surface area (Å²) in [7, 11) is 5.16. The van der Waals surface area contributed by atoms with Crippen LogP contribution in [0.2, 0.25) is 0 Å². The molecule has 0 rings (SSSR count). The van der Waals surface area contributed by atoms with Crippen LogP contribution in [0.4, 0.5) is 0 Å². The molecule has 6 unspecified atom stereocenters. The van der Waals surface area contributed by atoms with Crippen molar-refractivity contribution in [2.75, 3.05) is 40.8 Å². The van der Waals surface area contributed by atoms with Crippen LogP contribution in [0.15, 0.2) is 44.9 Å². The summed E-state index contributed by atoms with van der Waals surface area (Å²) in [6, 6.07) is 0.807. The van der Waals surface area contributed by atoms with Crippen molar-refractivity contribution in [2.24, 2.45) is 62.7 Å². The Kier molecular flexibility index (Phi) is 135. The van der Waals surface area contributed by atoms with Gasteiger partial charge in [0.15, 0.2) is 0 Å². The van der Waals surface area contributed by atoms with Gasteiger partial charge in [0, 0.05) is 442 Å². The standard InChI is InChI=1S/C12H25NO.C11H23NO.3C10H21NO.3C9H19NO.C8H17NO.9Tm/c1-7-8-12(14,9(2)3)11(6)13-10(4)5;1-6-8-11(13,7-2)10(5)12-9(3)4;1-6-10(12,8(3)4)9(5)11-7-2;1-6-10(12,7-2)9(5)11-8(3)4;1-5-8-10(12,6-2)9(4)11-7-3;1-6-9(11,7(2)3)8(4)10-5;1-5-7-9(11,6-2)8(3)10-4;1-5-9(11,6-2)8(4)10-7-3;1-5-8(10,6-2)7(3)9-4;;;;;;;;;/h9-10,14H,7-8H2,1-6H3;9,13H,6-8H2,1-5H3;2*8,12H,6-7H2,1-5H3;12H,5-8H2,1-4H3;7,11H,6H2,1-5H3;2*11H,5-7H2,1-4H3;10H,5-6H2,1-4H3;;;;;;;;;. The molecule has 0 amide bonds. The Bertz CT molecular complexity index is 2500. The maximum absolute atomic E-state index is 10.5. The molecule has 18 nitrogen and oxygen atoms in total. The van der Waals surface area contributed by atoms with Gasteiger partial charge in [-0.3, -0.25) is 44.9 Å². The largest absolute Gasteiger partial charge is 0.384 e. The third-order valence-electron chi connectivity index (χ3n) is 21.3. The summed E-state index contributed by atoms with van der Waals surface area (Å²) in [6.07, 6.45) is 15.4. The van der Waals surface area contributed by atoms with Gasteiger partial charge in [-0.2, -0.15) is 0 Å². The molecule has 9 N–H and O–H groups in total. The van der Waals surface area contributed by atoms with Gasteiger partial charge < -0.3 is 46.0 Å². The van der Waals surface area contributed by atoms with Gasteiger partial charge in [0.25, 0.3) is 0 Å². The molecule has 6 atom stereocenters. The van der Waals surface area contributed by atoms with Gasteiger partial charge in [-0.25, -0.2) is 0 Å². The number of rotatable bonds is 37. The fourth-order valence-electron chi connectivity index (χ4n) is 12.1. The second-order valence-electron chi connectivity index (χ2n) is 30.3. The van der Waals surface area contributed by atoms with E-state index in [-0.39, 0.29) is 368 Å². The molecule has 0 saturated heterocycles. The molecular weight excluding hydrogens is 2850 g/mol. The minimum atomic E-state index is -0.709. The normalized spacial score (nSPS) is 15.4. The summed E-state index contributed by atoms with van der Waals surface area (Å²) in [4.78, 5) is 37.9. The summed E-state index contributed by atoms with van der Waals surface area (Å²) in [6.45, 7) is 79.9. The van der Waals surface area contributed by atoms with E-state index in [2.05, 4.69) is 86.5 Å². The van der Waals surface area contributed by atoms with E-state index in [0.717, 1.165) is 193 Å². The van der Waals surface area contributed by atoms with Crippen LogP contribution in [-0.4, -0.2) is 207 Å². The number of aliphatic imine (C=N–C) groups is 9. The Morgan fingerprint density at radius 2 is 0.400 bits per heavy atom. The van der Waals surface area contributed by atoms with E-state index in [9.17, 15) is 46.0 Å². The third kappa shape index (κ3) is 72.0. The number of hydrogen-bond donors (Lipinski definition) is 9. The Hall–Kier alpha value is 7.77. The van der Waals surface area contributed by atoms with E-state index >= 15 is 0 Å². The first-order valence-electron chi connectivity index (χ1n) is 41.7. The predicted octanol–water partition coefficient (Wildman–Crippen LogP) is 20.5. The quantitative estimate of drug-likeness (QED) is 0.0267. The molecule has 0 aromatic carbocycles. The second-order valence-corrected chi connectivity index (χ2v) is 30.3. The van der Waals surface area contributed by atoms with E-state index in [0.29, 0.717) is 0 Å². The molecule has 0 fully saturated rings. The van der Waals surface area contributed by atoms with Gasteiger partial charge in [0.1, 0.15) is 50.4 Å². The Labute approximate surface area is 975 Å². The maximum atomic E-state index is 10.5. The molecule has 0 aliphatic carbocycles. The van der Waals surface area contributed by atoms with Crippen LogP contribution in [0.5, 0.6) is 0 Å². The van der Waals surface area contributed by atoms with E-state index in [1.807, 2.05) is 228 Å². The summed E-state index contributed by atoms with van der Waals surface area (Å²) in [5, 5.41) is 90.6. The molecule has 0 aromatic rings. The molecular formula is C88H185N9O9Tm9. The first-order chi connectivity index (χ1) is 48.6. The Morgan fingerprint density at radius 3 is 0.591 bits per heavy atom. The van der Waals surface area contributed by atoms with Crippen molar-refractivity contribution >= 4 is 51.4 Å². The summed E-state index contributed by atoms with van der Waals surface area (Å²) in [5.41, 5.74) is 1.68. The van der Waals surface area contributed by atoms with Crippen LogP contribution in [0.25, 0.3) is 0 Å². The molecule has 0 heterocycles. The second kappa shape index (κ2) is 93.6. The van der Waals surface area contributed by atoms with Crippen molar-refractivity contribution in [3.63, 3.8) is 0 Å². The minimum Gasteiger partial charge on any atom is -0.384 e. The Balaban J connectivity index is -0.0000000570. The minimum absolute atomic E-state index is 0. The topological polar surface area (TPSA) is 293 Å². The number of nitrogens with zero attached hydrogens (tertiary/aromatic N) is 9. The molecule has 0 saturated carbocycles. The zero-order valence-electron chi connectivity index (χ0n) is 80.6. The van der Waals surface area contributed by atoms with Crippen molar-refractivity contribution in [3.05, 3.63) is 0 Å². The zero-order chi connectivity index (χ0) is 86.1. The van der Waals surface area contributed by atoms with Gasteiger partial charge in [-0.15, -0.1) is 0 Å². The summed E-state index contributed by atoms with van der Waals surface area (Å²) < 4.78 is 0. The van der Waals surface area contributed by atoms with Crippen molar-refractivity contribution in [2.45, 2.75) is 461 Å². The van der Waals surface area contributed by atoms with E-state index in [1.165, 1.54) is 0 Å². The molecule has 0 spiro atoms. The molecule has 0 aliphatic heterocycles. The first kappa shape index (κ1) is 166. The summed E-state index contributed by atoms with van der Waals surface area (Å²) in [5.74, 6) is 0.693. The van der Waals surface area contributed by atoms with Crippen molar-refractivity contribution in [1.82, 2.24) is 0 Å². The number of aliphatic hydroxyl groups is 9. The van der Waals surface area contributed by atoms with Crippen LogP contribution in [0, 0.1) is 350 Å². The van der Waals surface area contributed by atoms with Gasteiger partial charge in [0.2, 0.25) is 0 Å². The third-order valence-corrected chi connectivity index (χ3v) is 21.3. The maximum Gasteiger partial charge on any atom is 0.104 e. The molecule has 9 radical (unpaired) electrons. The van der Waals surface area contributed by atoms with Crippen molar-refractivity contribution in [1.29, 1.82) is 0 Å². The average Bonchev–Trinajstić information content (AvgIpc) is 0.811. The predicted molar refractivity (Wildman–Crippen MR) is 475 cm³/mol. The fourth-order valence-corrected chi connectivity index (χ4v) is 12.1. The van der Waals surface area contributed by atoms with Gasteiger partial charge in [-0.05, 0) is 239 Å². The molecule has 0 bridgehead atoms. The van der Waals surface area contributed by atoms with Crippen LogP contribution >= 0.6 is 0 Å². The van der Waals surface area contributed by atoms with Gasteiger partial charge >= 0.3 is 0 Å². The zero-order valence-corrected chi connectivity index (χ0v) is 96.6. The molecule has 0 aromatic heterocycles. The van der Waals surface area contributed by atoms with Crippen LogP contribution in [0.3, 0.4) is 0 Å². The van der Waals surface area contributed by atoms with E-state index in [4.69, 9.17) is 0 Å². The first-order valence-corrected chi connectivity index (χ1v) is 41.7. The SMILES string of the molecule is CCC(O)(C(C)=NC)C(C)C.CCC(O)(CC)C(C)=NC.CCC(O)(CC)C(C)=NC(C)C.CCCC(O)(C(C)=NC(C)C)C(C)C.CCCC(O)(CC)C(C)=NC.CCCC(O)(CC)C(C)=NC(C)C.CCCC(O)(CC)C(C)=NCC.CCN=C(C)C(O)(CC)C(C)C.CCN=C(C)C(O)(CC)CC.[Tm].[Tm].[Tm].[Tm].[Tm].[Tm].[Tm].[Tm].[Tm]. The van der Waals surface area contributed by atoms with Gasteiger partial charge in [0.05, 0.1) is 0 Å². The monoisotopic (exact) mass is 3030 g/mol. The van der Waals surface area contributed by atoms with Crippen LogP contribution in [-0.2, 0) is 0 Å². The van der Waals surface area contributed by atoms with E-state index < -0.39 is 50.4 Å². The summed E-state index contributed by atoms with van der Waals surface area (Å²) >= 11 is 0. The fraction of sp³-hybridized carbons (Fsp3) is 0.898. The van der Waals surface area contributed by atoms with Crippen molar-refractivity contribution in [3.8, 4) is 0 Å². The van der Waals surface area contributed by atoms with Crippen molar-refractivity contribution < 1.29 is 378 Å². The van der Waals surface area contributed by atoms with E-state index in [1.54, 1.807) is 21.1 Å². The Morgan fingerprint density at radius 1 is 0.217 bits per heavy atom.